The van der Waals surface area contributed by atoms with Crippen molar-refractivity contribution in [1.82, 2.24) is 68.9 Å². The van der Waals surface area contributed by atoms with Gasteiger partial charge in [0.2, 0.25) is 23.6 Å². The Bertz CT molecular complexity index is 6330. The number of para-hydroxylation sites is 4. The summed E-state index contributed by atoms with van der Waals surface area (Å²) in [6, 6.07) is 55.6. The summed E-state index contributed by atoms with van der Waals surface area (Å²) in [7, 11) is 9.57. The molecule has 8 aromatic carbocycles. The van der Waals surface area contributed by atoms with Crippen molar-refractivity contribution < 1.29 is 46.2 Å². The van der Waals surface area contributed by atoms with Gasteiger partial charge in [-0.1, -0.05) is 121 Å². The van der Waals surface area contributed by atoms with E-state index >= 15 is 17.6 Å². The normalized spacial score (nSPS) is 21.4. The fourth-order valence-corrected chi connectivity index (χ4v) is 24.8. The van der Waals surface area contributed by atoms with Crippen LogP contribution < -0.4 is 24.9 Å². The van der Waals surface area contributed by atoms with E-state index in [1.54, 1.807) is 90.9 Å². The molecule has 0 saturated carbocycles. The van der Waals surface area contributed by atoms with Crippen LogP contribution in [0.5, 0.6) is 0 Å². The number of ether oxygens (including phenoxy) is 2. The van der Waals surface area contributed by atoms with Crippen molar-refractivity contribution >= 4 is 46.4 Å². The lowest BCUT2D eigenvalue weighted by atomic mass is 9.73. The van der Waals surface area contributed by atoms with E-state index in [2.05, 4.69) is 81.5 Å². The van der Waals surface area contributed by atoms with Crippen molar-refractivity contribution in [3.63, 3.8) is 0 Å². The minimum absolute atomic E-state index is 0.103. The third-order valence-corrected chi connectivity index (χ3v) is 32.9. The predicted molar refractivity (Wildman–Crippen MR) is 534 cm³/mol. The Morgan fingerprint density at radius 1 is 0.321 bits per heavy atom. The van der Waals surface area contributed by atoms with Gasteiger partial charge >= 0.3 is 0 Å². The number of fused-ring (bicyclic) bond motifs is 8. The number of hydrogen-bond donors (Lipinski definition) is 1. The van der Waals surface area contributed by atoms with Gasteiger partial charge in [-0.15, -0.1) is 0 Å². The fourth-order valence-electron chi connectivity index (χ4n) is 24.8. The minimum atomic E-state index is -0.515. The minimum Gasteiger partial charge on any atom is -0.381 e. The number of carbonyl (C=O) groups is 4. The van der Waals surface area contributed by atoms with Gasteiger partial charge in [-0.3, -0.25) is 47.7 Å². The quantitative estimate of drug-likeness (QED) is 0.0895. The highest BCUT2D eigenvalue weighted by atomic mass is 19.1. The molecule has 4 amide bonds. The summed E-state index contributed by atoms with van der Waals surface area (Å²) in [5.41, 5.74) is 14.8. The molecule has 28 heteroatoms. The number of nitrogens with zero attached hydrogens (tertiary/aromatic N) is 17. The molecule has 140 heavy (non-hydrogen) atoms. The first kappa shape index (κ1) is 94.1. The number of likely N-dealkylation sites (tertiary alicyclic amines) is 5. The average molecular weight is 1900 g/mol. The Morgan fingerprint density at radius 3 is 0.871 bits per heavy atom. The Hall–Kier alpha value is -12.1. The predicted octanol–water partition coefficient (Wildman–Crippen LogP) is 16.2. The van der Waals surface area contributed by atoms with Crippen LogP contribution in [0.15, 0.2) is 219 Å². The number of carbonyl (C=O) groups excluding carboxylic acids is 4. The molecule has 24 rings (SSSR count). The molecule has 1 N–H and O–H groups in total. The number of aryl methyl sites for hydroxylation is 4. The van der Waals surface area contributed by atoms with Gasteiger partial charge in [0.1, 0.15) is 23.3 Å². The average Bonchev–Trinajstić information content (AvgIpc) is 1.58. The SMILES string of the molecule is CN1CCC(N2CCC3(CC2)C(=O)N(Cc2ccc(-c4cnn(C)c4)cc2F)c2ccccc23)CC1.Cn1cc(-c2ccc(CN3C(=O)C4(CCN(C5CCCNC5)CC4)c4ccccc43)c(F)c2)cn1.Cn1cc(-c2ccc(CN3C(=O)C4(CCN(C5CCOC5)CC4)c4ccccc43)c(F)c2)cn1.Cn1cc(-c2ccc(CN3C(=O)C4(CCN(C5CCOCC5)CC4)c4ccccc43)c(F)c2)cn1. The largest absolute Gasteiger partial charge is 0.381 e. The summed E-state index contributed by atoms with van der Waals surface area (Å²) >= 11 is 0. The molecular formula is C112H126F4N18O6. The van der Waals surface area contributed by atoms with Crippen molar-refractivity contribution in [3.8, 4) is 44.5 Å². The van der Waals surface area contributed by atoms with E-state index in [-0.39, 0.29) is 73.1 Å². The standard InChI is InChI=1S/C29H34FN5O.C28H32FN5O.C28H31FN4O2.C27H29FN4O2/c1-32-13-9-24(10-14-32)34-15-11-29(12-16-34)25-5-3-4-6-27(25)35(28(29)36)20-22-8-7-21(17-26(22)30)23-18-31-33(2)19-23;1-32-18-22(16-31-32)20-8-9-21(25(29)15-20)19-34-26-7-3-2-6-24(26)28(27(34)35)10-13-33(14-11-28)23-5-4-12-30-17-23;1-31-18-22(17-30-31)20-6-7-21(25(29)16-20)19-33-26-5-3-2-4-24(26)28(27(33)34)10-12-32(13-11-28)23-8-14-35-15-9-23;1-30-16-21(15-29-30)19-6-7-20(24(28)14-19)17-32-25-5-3-2-4-23(25)27(26(32)33)9-11-31(12-10-27)22-8-13-34-18-22/h3-8,17-19,24H,9-16,20H2,1-2H3;2-3,6-9,15-16,18,23,30H,4-5,10-14,17,19H2,1H3;2-7,16-18,23H,8-15,19H2,1H3;2-7,14-16,22H,8-13,17-18H2,1H3. The zero-order chi connectivity index (χ0) is 96.1. The molecule has 0 radical (unpaired) electrons. The summed E-state index contributed by atoms with van der Waals surface area (Å²) in [5.74, 6) is -0.724. The zero-order valence-corrected chi connectivity index (χ0v) is 80.9. The zero-order valence-electron chi connectivity index (χ0n) is 80.9. The molecule has 0 bridgehead atoms. The first-order valence-corrected chi connectivity index (χ1v) is 50.4. The topological polar surface area (TPSA) is 199 Å². The molecule has 4 aromatic heterocycles. The van der Waals surface area contributed by atoms with E-state index in [9.17, 15) is 19.2 Å². The summed E-state index contributed by atoms with van der Waals surface area (Å²) in [4.78, 5) is 75.8. The molecule has 4 spiro atoms. The highest BCUT2D eigenvalue weighted by Gasteiger charge is 2.57. The van der Waals surface area contributed by atoms with E-state index < -0.39 is 21.7 Å². The van der Waals surface area contributed by atoms with Gasteiger partial charge in [0.05, 0.1) is 79.2 Å². The maximum absolute atomic E-state index is 15.2. The van der Waals surface area contributed by atoms with Crippen LogP contribution in [0.1, 0.15) is 141 Å². The van der Waals surface area contributed by atoms with Crippen LogP contribution in [0.3, 0.4) is 0 Å². The summed E-state index contributed by atoms with van der Waals surface area (Å²) in [6.45, 7) is 16.0. The number of halogens is 4. The molecule has 2 unspecified atom stereocenters. The van der Waals surface area contributed by atoms with Gasteiger partial charge < -0.3 is 49.1 Å². The number of amides is 4. The van der Waals surface area contributed by atoms with Gasteiger partial charge in [-0.2, -0.15) is 20.4 Å². The second-order valence-corrected chi connectivity index (χ2v) is 40.8. The molecule has 24 nitrogen and oxygen atoms in total. The molecule has 12 aliphatic heterocycles. The molecule has 8 saturated heterocycles. The van der Waals surface area contributed by atoms with Crippen molar-refractivity contribution in [1.29, 1.82) is 0 Å². The van der Waals surface area contributed by atoms with Crippen molar-refractivity contribution in [2.24, 2.45) is 28.2 Å². The lowest BCUT2D eigenvalue weighted by Crippen LogP contribution is -2.54. The van der Waals surface area contributed by atoms with Crippen molar-refractivity contribution in [2.45, 2.75) is 168 Å². The van der Waals surface area contributed by atoms with Crippen molar-refractivity contribution in [2.75, 3.05) is 132 Å². The van der Waals surface area contributed by atoms with Gasteiger partial charge in [0.15, 0.2) is 0 Å². The summed E-state index contributed by atoms with van der Waals surface area (Å²) in [6.07, 6.45) is 28.9. The molecule has 12 aliphatic rings. The molecule has 728 valence electrons. The van der Waals surface area contributed by atoms with Crippen LogP contribution in [0.2, 0.25) is 0 Å². The first-order valence-electron chi connectivity index (χ1n) is 50.4. The molecule has 12 aromatic rings. The van der Waals surface area contributed by atoms with E-state index in [0.29, 0.717) is 46.4 Å². The highest BCUT2D eigenvalue weighted by Crippen LogP contribution is 2.55. The lowest BCUT2D eigenvalue weighted by molar-refractivity contribution is -0.126. The summed E-state index contributed by atoms with van der Waals surface area (Å²) < 4.78 is 78.8. The van der Waals surface area contributed by atoms with Crippen LogP contribution in [0, 0.1) is 23.3 Å². The third-order valence-electron chi connectivity index (χ3n) is 32.9. The number of hydrogen-bond acceptors (Lipinski definition) is 16. The second-order valence-electron chi connectivity index (χ2n) is 40.8. The smallest absolute Gasteiger partial charge is 0.238 e. The number of anilines is 4. The van der Waals surface area contributed by atoms with Crippen LogP contribution in [0.25, 0.3) is 44.5 Å². The Balaban J connectivity index is 0.000000111. The fraction of sp³-hybridized carbons (Fsp3) is 0.429. The number of piperidine rings is 6. The monoisotopic (exact) mass is 1900 g/mol. The molecule has 16 heterocycles. The molecular weight excluding hydrogens is 1770 g/mol. The molecule has 0 aliphatic carbocycles. The number of rotatable bonds is 16. The number of aromatic nitrogens is 8. The first-order chi connectivity index (χ1) is 68.1. The van der Waals surface area contributed by atoms with E-state index in [1.807, 2.05) is 165 Å². The summed E-state index contributed by atoms with van der Waals surface area (Å²) in [5, 5.41) is 20.2. The van der Waals surface area contributed by atoms with E-state index in [0.717, 1.165) is 265 Å². The van der Waals surface area contributed by atoms with Gasteiger partial charge in [-0.25, -0.2) is 17.6 Å². The van der Waals surface area contributed by atoms with Crippen LogP contribution in [-0.2, 0) is 105 Å². The Kier molecular flexibility index (Phi) is 26.7. The number of nitrogens with one attached hydrogen (secondary N) is 1. The maximum Gasteiger partial charge on any atom is 0.238 e. The Morgan fingerprint density at radius 2 is 0.600 bits per heavy atom. The van der Waals surface area contributed by atoms with Gasteiger partial charge in [0.25, 0.3) is 0 Å². The second kappa shape index (κ2) is 39.8. The van der Waals surface area contributed by atoms with Crippen LogP contribution >= 0.6 is 0 Å². The molecule has 8 fully saturated rings. The van der Waals surface area contributed by atoms with Crippen LogP contribution in [0.4, 0.5) is 40.3 Å². The van der Waals surface area contributed by atoms with E-state index in [1.165, 1.54) is 31.7 Å². The number of benzene rings is 8. The highest BCUT2D eigenvalue weighted by molar-refractivity contribution is 6.11. The van der Waals surface area contributed by atoms with Gasteiger partial charge in [0, 0.05) is 171 Å². The lowest BCUT2D eigenvalue weighted by Gasteiger charge is -2.44. The van der Waals surface area contributed by atoms with Crippen molar-refractivity contribution in [3.05, 3.63) is 287 Å². The van der Waals surface area contributed by atoms with E-state index in [4.69, 9.17) is 9.47 Å². The van der Waals surface area contributed by atoms with Crippen LogP contribution in [-0.4, -0.2) is 223 Å². The maximum atomic E-state index is 15.2. The molecule has 2 atom stereocenters. The van der Waals surface area contributed by atoms with Gasteiger partial charge in [-0.05, 0) is 268 Å². The Labute approximate surface area is 816 Å². The third kappa shape index (κ3) is 18.1.